The molecule has 0 radical (unpaired) electrons. The van der Waals surface area contributed by atoms with Gasteiger partial charge in [0.2, 0.25) is 5.91 Å². The number of carbonyl (C=O) groups excluding carboxylic acids is 1. The summed E-state index contributed by atoms with van der Waals surface area (Å²) in [7, 11) is 1.94. The van der Waals surface area contributed by atoms with E-state index in [1.807, 2.05) is 39.4 Å². The lowest BCUT2D eigenvalue weighted by molar-refractivity contribution is -0.125. The molecule has 0 aliphatic carbocycles. The molecule has 1 rings (SSSR count). The molecule has 116 valence electrons. The first-order valence-corrected chi connectivity index (χ1v) is 6.79. The number of nitrogens with zero attached hydrogens (tertiary/aromatic N) is 2. The van der Waals surface area contributed by atoms with Crippen LogP contribution in [0.5, 0.6) is 0 Å². The van der Waals surface area contributed by atoms with Crippen LogP contribution in [0.15, 0.2) is 0 Å². The van der Waals surface area contributed by atoms with E-state index >= 15 is 0 Å². The van der Waals surface area contributed by atoms with Gasteiger partial charge in [-0.05, 0) is 39.7 Å². The highest BCUT2D eigenvalue weighted by molar-refractivity contribution is 5.85. The minimum atomic E-state index is -0.168. The van der Waals surface area contributed by atoms with Gasteiger partial charge in [0.15, 0.2) is 0 Å². The summed E-state index contributed by atoms with van der Waals surface area (Å²) in [6.07, 6.45) is 0.795. The normalized spacial score (nSPS) is 15.2. The van der Waals surface area contributed by atoms with Crippen molar-refractivity contribution in [1.82, 2.24) is 15.1 Å². The van der Waals surface area contributed by atoms with E-state index in [9.17, 15) is 4.79 Å². The number of hydrogen-bond acceptors (Lipinski definition) is 3. The molecule has 3 unspecified atom stereocenters. The molecule has 5 nitrogen and oxygen atoms in total. The lowest BCUT2D eigenvalue weighted by atomic mass is 10.0. The molecular formula is C14H27ClN4O. The predicted molar refractivity (Wildman–Crippen MR) is 84.1 cm³/mol. The molecule has 1 amide bonds. The zero-order valence-corrected chi connectivity index (χ0v) is 14.0. The SMILES string of the molecule is Cc1nn(C)c(C)c1CC(C)NC(=O)C(C)C(C)N.Cl. The van der Waals surface area contributed by atoms with Gasteiger partial charge in [-0.15, -0.1) is 12.4 Å². The molecule has 0 aliphatic rings. The molecule has 0 aliphatic heterocycles. The highest BCUT2D eigenvalue weighted by atomic mass is 35.5. The quantitative estimate of drug-likeness (QED) is 0.865. The number of rotatable bonds is 5. The first-order chi connectivity index (χ1) is 8.73. The second kappa shape index (κ2) is 7.64. The number of hydrogen-bond donors (Lipinski definition) is 2. The number of amides is 1. The molecular weight excluding hydrogens is 276 g/mol. The minimum Gasteiger partial charge on any atom is -0.353 e. The van der Waals surface area contributed by atoms with E-state index in [4.69, 9.17) is 5.73 Å². The summed E-state index contributed by atoms with van der Waals surface area (Å²) >= 11 is 0. The molecule has 3 atom stereocenters. The van der Waals surface area contributed by atoms with Gasteiger partial charge in [-0.2, -0.15) is 5.10 Å². The summed E-state index contributed by atoms with van der Waals surface area (Å²) in [6, 6.07) is -0.0515. The van der Waals surface area contributed by atoms with Gasteiger partial charge in [0.25, 0.3) is 0 Å². The van der Waals surface area contributed by atoms with Crippen LogP contribution in [0.2, 0.25) is 0 Å². The Morgan fingerprint density at radius 2 is 1.90 bits per heavy atom. The van der Waals surface area contributed by atoms with E-state index < -0.39 is 0 Å². The van der Waals surface area contributed by atoms with Crippen LogP contribution in [0.4, 0.5) is 0 Å². The van der Waals surface area contributed by atoms with Gasteiger partial charge in [-0.1, -0.05) is 6.92 Å². The minimum absolute atomic E-state index is 0. The summed E-state index contributed by atoms with van der Waals surface area (Å²) in [5, 5.41) is 7.41. The number of nitrogens with two attached hydrogens (primary N) is 1. The molecule has 0 saturated carbocycles. The fraction of sp³-hybridized carbons (Fsp3) is 0.714. The topological polar surface area (TPSA) is 72.9 Å². The third-order valence-electron chi connectivity index (χ3n) is 3.76. The molecule has 3 N–H and O–H groups in total. The van der Waals surface area contributed by atoms with E-state index in [0.717, 1.165) is 17.8 Å². The summed E-state index contributed by atoms with van der Waals surface area (Å²) in [6.45, 7) is 9.77. The molecule has 0 bridgehead atoms. The number of carbonyl (C=O) groups is 1. The highest BCUT2D eigenvalue weighted by Crippen LogP contribution is 2.14. The Labute approximate surface area is 127 Å². The van der Waals surface area contributed by atoms with Crippen molar-refractivity contribution in [3.63, 3.8) is 0 Å². The van der Waals surface area contributed by atoms with Crippen molar-refractivity contribution in [2.24, 2.45) is 18.7 Å². The molecule has 20 heavy (non-hydrogen) atoms. The zero-order chi connectivity index (χ0) is 14.7. The maximum Gasteiger partial charge on any atom is 0.224 e. The molecule has 0 saturated heterocycles. The predicted octanol–water partition coefficient (Wildman–Crippen LogP) is 1.49. The molecule has 6 heteroatoms. The largest absolute Gasteiger partial charge is 0.353 e. The second-order valence-electron chi connectivity index (χ2n) is 5.53. The van der Waals surface area contributed by atoms with Gasteiger partial charge in [-0.25, -0.2) is 0 Å². The number of halogens is 1. The number of aryl methyl sites for hydroxylation is 2. The van der Waals surface area contributed by atoms with Crippen LogP contribution in [0, 0.1) is 19.8 Å². The Morgan fingerprint density at radius 1 is 1.35 bits per heavy atom. The average molecular weight is 303 g/mol. The summed E-state index contributed by atoms with van der Waals surface area (Å²) in [5.41, 5.74) is 9.14. The maximum atomic E-state index is 11.9. The lowest BCUT2D eigenvalue weighted by Gasteiger charge is -2.19. The van der Waals surface area contributed by atoms with Crippen LogP contribution in [-0.2, 0) is 18.3 Å². The van der Waals surface area contributed by atoms with E-state index in [1.165, 1.54) is 5.56 Å². The summed E-state index contributed by atoms with van der Waals surface area (Å²) in [4.78, 5) is 11.9. The molecule has 1 heterocycles. The Bertz CT molecular complexity index is 456. The molecule has 0 aromatic carbocycles. The first-order valence-electron chi connectivity index (χ1n) is 6.79. The van der Waals surface area contributed by atoms with Crippen LogP contribution in [0.1, 0.15) is 37.7 Å². The van der Waals surface area contributed by atoms with Crippen molar-refractivity contribution in [2.45, 2.75) is 53.1 Å². The summed E-state index contributed by atoms with van der Waals surface area (Å²) in [5.74, 6) is -0.153. The zero-order valence-electron chi connectivity index (χ0n) is 13.2. The van der Waals surface area contributed by atoms with Gasteiger partial charge < -0.3 is 11.1 Å². The van der Waals surface area contributed by atoms with Crippen LogP contribution in [0.3, 0.4) is 0 Å². The Kier molecular flexibility index (Phi) is 7.23. The third kappa shape index (κ3) is 4.49. The maximum absolute atomic E-state index is 11.9. The van der Waals surface area contributed by atoms with Crippen LogP contribution >= 0.6 is 12.4 Å². The number of aromatic nitrogens is 2. The van der Waals surface area contributed by atoms with E-state index in [1.54, 1.807) is 0 Å². The van der Waals surface area contributed by atoms with Crippen molar-refractivity contribution < 1.29 is 4.79 Å². The van der Waals surface area contributed by atoms with E-state index in [2.05, 4.69) is 17.3 Å². The first kappa shape index (κ1) is 18.9. The molecule has 1 aromatic rings. The van der Waals surface area contributed by atoms with Gasteiger partial charge in [0.05, 0.1) is 5.69 Å². The Hall–Kier alpha value is -1.07. The monoisotopic (exact) mass is 302 g/mol. The fourth-order valence-electron chi connectivity index (χ4n) is 2.08. The van der Waals surface area contributed by atoms with Crippen molar-refractivity contribution in [1.29, 1.82) is 0 Å². The Morgan fingerprint density at radius 3 is 2.30 bits per heavy atom. The van der Waals surface area contributed by atoms with Crippen molar-refractivity contribution in [2.75, 3.05) is 0 Å². The summed E-state index contributed by atoms with van der Waals surface area (Å²) < 4.78 is 1.88. The lowest BCUT2D eigenvalue weighted by Crippen LogP contribution is -2.43. The van der Waals surface area contributed by atoms with Gasteiger partial charge >= 0.3 is 0 Å². The van der Waals surface area contributed by atoms with Gasteiger partial charge in [0, 0.05) is 30.7 Å². The van der Waals surface area contributed by atoms with Crippen molar-refractivity contribution in [3.8, 4) is 0 Å². The highest BCUT2D eigenvalue weighted by Gasteiger charge is 2.20. The van der Waals surface area contributed by atoms with Crippen LogP contribution in [0.25, 0.3) is 0 Å². The molecule has 0 fully saturated rings. The average Bonchev–Trinajstić information content (AvgIpc) is 2.54. The van der Waals surface area contributed by atoms with E-state index in [0.29, 0.717) is 0 Å². The van der Waals surface area contributed by atoms with Crippen molar-refractivity contribution >= 4 is 18.3 Å². The third-order valence-corrected chi connectivity index (χ3v) is 3.76. The van der Waals surface area contributed by atoms with Gasteiger partial charge in [-0.3, -0.25) is 9.48 Å². The van der Waals surface area contributed by atoms with Crippen LogP contribution in [-0.4, -0.2) is 27.8 Å². The van der Waals surface area contributed by atoms with Gasteiger partial charge in [0.1, 0.15) is 0 Å². The fourth-order valence-corrected chi connectivity index (χ4v) is 2.08. The van der Waals surface area contributed by atoms with E-state index in [-0.39, 0.29) is 36.3 Å². The molecule has 1 aromatic heterocycles. The van der Waals surface area contributed by atoms with Crippen LogP contribution < -0.4 is 11.1 Å². The smallest absolute Gasteiger partial charge is 0.224 e. The Balaban J connectivity index is 0.00000361. The number of nitrogens with one attached hydrogen (secondary N) is 1. The molecule has 0 spiro atoms. The second-order valence-corrected chi connectivity index (χ2v) is 5.53. The van der Waals surface area contributed by atoms with Crippen molar-refractivity contribution in [3.05, 3.63) is 17.0 Å². The standard InChI is InChI=1S/C14H26N4O.ClH/c1-8(16-14(19)9(2)10(3)15)7-13-11(4)17-18(6)12(13)5;/h8-10H,7,15H2,1-6H3,(H,16,19);1H.